The second-order valence-electron chi connectivity index (χ2n) is 7.87. The van der Waals surface area contributed by atoms with E-state index in [1.165, 1.54) is 11.3 Å². The Bertz CT molecular complexity index is 1240. The molecular weight excluding hydrogens is 486 g/mol. The molecule has 1 amide bonds. The number of nitrogens with zero attached hydrogens (tertiary/aromatic N) is 3. The van der Waals surface area contributed by atoms with Gasteiger partial charge in [-0.25, -0.2) is 4.98 Å². The monoisotopic (exact) mass is 513 g/mol. The van der Waals surface area contributed by atoms with Gasteiger partial charge in [-0.2, -0.15) is 0 Å². The van der Waals surface area contributed by atoms with E-state index in [0.717, 1.165) is 10.2 Å². The van der Waals surface area contributed by atoms with Gasteiger partial charge in [-0.05, 0) is 44.4 Å². The minimum atomic E-state index is -0.140. The van der Waals surface area contributed by atoms with Crippen LogP contribution in [0.4, 0.5) is 5.13 Å². The van der Waals surface area contributed by atoms with Crippen LogP contribution < -0.4 is 19.1 Å². The first-order valence-corrected chi connectivity index (χ1v) is 11.6. The van der Waals surface area contributed by atoms with Crippen molar-refractivity contribution in [3.63, 3.8) is 0 Å². The molecule has 0 N–H and O–H groups in total. The number of carbonyl (C=O) groups is 1. The number of rotatable bonds is 9. The van der Waals surface area contributed by atoms with E-state index in [0.29, 0.717) is 46.8 Å². The van der Waals surface area contributed by atoms with Gasteiger partial charge in [-0.3, -0.25) is 9.69 Å². The van der Waals surface area contributed by atoms with Gasteiger partial charge in [0.05, 0.1) is 24.4 Å². The molecule has 184 valence electrons. The van der Waals surface area contributed by atoms with Crippen LogP contribution in [0, 0.1) is 0 Å². The summed E-state index contributed by atoms with van der Waals surface area (Å²) in [6.07, 6.45) is 0. The van der Waals surface area contributed by atoms with Crippen molar-refractivity contribution in [2.45, 2.75) is 0 Å². The van der Waals surface area contributed by atoms with Gasteiger partial charge in [0, 0.05) is 30.8 Å². The lowest BCUT2D eigenvalue weighted by molar-refractivity contribution is 0.0985. The molecule has 4 aromatic rings. The second kappa shape index (κ2) is 11.9. The molecule has 0 atom stereocenters. The van der Waals surface area contributed by atoms with Crippen molar-refractivity contribution in [1.29, 1.82) is 0 Å². The van der Waals surface area contributed by atoms with E-state index in [4.69, 9.17) is 19.2 Å². The van der Waals surface area contributed by atoms with E-state index in [2.05, 4.69) is 0 Å². The highest BCUT2D eigenvalue weighted by Gasteiger charge is 2.23. The predicted octanol–water partition coefficient (Wildman–Crippen LogP) is 5.74. The number of aromatic nitrogens is 1. The number of ether oxygens (including phenoxy) is 3. The van der Waals surface area contributed by atoms with Gasteiger partial charge in [-0.15, -0.1) is 12.4 Å². The topological polar surface area (TPSA) is 64.1 Å². The number of anilines is 1. The third-order valence-corrected chi connectivity index (χ3v) is 6.23. The Morgan fingerprint density at radius 2 is 1.57 bits per heavy atom. The Morgan fingerprint density at radius 3 is 2.26 bits per heavy atom. The number of hydrogen-bond acceptors (Lipinski definition) is 7. The molecule has 0 aliphatic carbocycles. The van der Waals surface area contributed by atoms with Gasteiger partial charge in [-0.1, -0.05) is 35.6 Å². The fourth-order valence-corrected chi connectivity index (χ4v) is 4.42. The minimum absolute atomic E-state index is 0. The first-order valence-electron chi connectivity index (χ1n) is 10.8. The largest absolute Gasteiger partial charge is 0.493 e. The van der Waals surface area contributed by atoms with E-state index >= 15 is 0 Å². The molecule has 0 radical (unpaired) electrons. The molecule has 0 fully saturated rings. The highest BCUT2D eigenvalue weighted by molar-refractivity contribution is 7.22. The average Bonchev–Trinajstić information content (AvgIpc) is 3.26. The zero-order valence-electron chi connectivity index (χ0n) is 20.1. The van der Waals surface area contributed by atoms with Gasteiger partial charge < -0.3 is 19.1 Å². The Hall–Kier alpha value is -3.33. The number of carbonyl (C=O) groups excluding carboxylic acids is 1. The second-order valence-corrected chi connectivity index (χ2v) is 8.88. The fourth-order valence-electron chi connectivity index (χ4n) is 3.42. The summed E-state index contributed by atoms with van der Waals surface area (Å²) in [4.78, 5) is 22.2. The van der Waals surface area contributed by atoms with Crippen LogP contribution in [-0.4, -0.2) is 57.2 Å². The zero-order chi connectivity index (χ0) is 24.1. The summed E-state index contributed by atoms with van der Waals surface area (Å²) in [7, 11) is 7.15. The molecule has 0 bridgehead atoms. The Morgan fingerprint density at radius 1 is 0.886 bits per heavy atom. The summed E-state index contributed by atoms with van der Waals surface area (Å²) in [5.41, 5.74) is 1.28. The zero-order valence-corrected chi connectivity index (χ0v) is 21.7. The summed E-state index contributed by atoms with van der Waals surface area (Å²) in [6, 6.07) is 20.4. The van der Waals surface area contributed by atoms with Crippen molar-refractivity contribution in [3.8, 4) is 23.0 Å². The van der Waals surface area contributed by atoms with E-state index in [-0.39, 0.29) is 18.3 Å². The Balaban J connectivity index is 0.00000342. The molecule has 0 saturated heterocycles. The van der Waals surface area contributed by atoms with Crippen molar-refractivity contribution in [3.05, 3.63) is 72.3 Å². The van der Waals surface area contributed by atoms with Crippen LogP contribution in [0.3, 0.4) is 0 Å². The molecule has 0 saturated carbocycles. The van der Waals surface area contributed by atoms with Crippen molar-refractivity contribution in [1.82, 2.24) is 9.88 Å². The van der Waals surface area contributed by atoms with Crippen molar-refractivity contribution < 1.29 is 19.0 Å². The van der Waals surface area contributed by atoms with E-state index in [1.807, 2.05) is 73.6 Å². The Kier molecular flexibility index (Phi) is 8.92. The van der Waals surface area contributed by atoms with Crippen LogP contribution in [-0.2, 0) is 0 Å². The van der Waals surface area contributed by atoms with Gasteiger partial charge in [0.15, 0.2) is 16.6 Å². The number of likely N-dealkylation sites (N-methyl/N-ethyl adjacent to an activating group) is 1. The quantitative estimate of drug-likeness (QED) is 0.284. The predicted molar refractivity (Wildman–Crippen MR) is 143 cm³/mol. The van der Waals surface area contributed by atoms with E-state index in [9.17, 15) is 4.79 Å². The summed E-state index contributed by atoms with van der Waals surface area (Å²) in [6.45, 7) is 1.18. The molecule has 0 spiro atoms. The number of fused-ring (bicyclic) bond motifs is 1. The van der Waals surface area contributed by atoms with Crippen molar-refractivity contribution in [2.75, 3.05) is 46.3 Å². The van der Waals surface area contributed by atoms with Crippen LogP contribution in [0.25, 0.3) is 10.2 Å². The lowest BCUT2D eigenvalue weighted by Crippen LogP contribution is -2.36. The van der Waals surface area contributed by atoms with E-state index < -0.39 is 0 Å². The number of thiazole rings is 1. The maximum absolute atomic E-state index is 13.7. The minimum Gasteiger partial charge on any atom is -0.493 e. The van der Waals surface area contributed by atoms with Crippen LogP contribution in [0.15, 0.2) is 66.7 Å². The van der Waals surface area contributed by atoms with Crippen LogP contribution in [0.1, 0.15) is 10.4 Å². The van der Waals surface area contributed by atoms with Gasteiger partial charge >= 0.3 is 0 Å². The first kappa shape index (κ1) is 26.3. The van der Waals surface area contributed by atoms with Crippen molar-refractivity contribution in [2.24, 2.45) is 0 Å². The van der Waals surface area contributed by atoms with Gasteiger partial charge in [0.1, 0.15) is 11.5 Å². The molecule has 1 aromatic heterocycles. The van der Waals surface area contributed by atoms with E-state index in [1.54, 1.807) is 31.3 Å². The smallest absolute Gasteiger partial charge is 0.260 e. The number of hydrogen-bond donors (Lipinski definition) is 0. The van der Waals surface area contributed by atoms with Crippen LogP contribution in [0.2, 0.25) is 0 Å². The number of benzene rings is 3. The molecule has 7 nitrogen and oxygen atoms in total. The summed E-state index contributed by atoms with van der Waals surface area (Å²) < 4.78 is 17.7. The normalized spacial score (nSPS) is 10.7. The summed E-state index contributed by atoms with van der Waals surface area (Å²) in [5.74, 6) is 2.40. The van der Waals surface area contributed by atoms with Gasteiger partial charge in [0.2, 0.25) is 0 Å². The lowest BCUT2D eigenvalue weighted by Gasteiger charge is -2.22. The molecule has 0 unspecified atom stereocenters. The van der Waals surface area contributed by atoms with Crippen LogP contribution in [0.5, 0.6) is 23.0 Å². The molecule has 0 aliphatic heterocycles. The van der Waals surface area contributed by atoms with Crippen molar-refractivity contribution >= 4 is 45.0 Å². The average molecular weight is 514 g/mol. The maximum Gasteiger partial charge on any atom is 0.260 e. The summed E-state index contributed by atoms with van der Waals surface area (Å²) >= 11 is 1.44. The number of halogens is 1. The van der Waals surface area contributed by atoms with Crippen LogP contribution >= 0.6 is 23.7 Å². The molecule has 4 rings (SSSR count). The fraction of sp³-hybridized carbons (Fsp3) is 0.231. The number of para-hydroxylation sites is 1. The number of methoxy groups -OCH3 is 2. The SMILES string of the molecule is COc1cc2nc(N(CCN(C)C)C(=O)c3cccc(Oc4ccccc4)c3)sc2cc1OC.Cl. The highest BCUT2D eigenvalue weighted by atomic mass is 35.5. The third-order valence-electron chi connectivity index (χ3n) is 5.19. The number of amides is 1. The van der Waals surface area contributed by atoms with Gasteiger partial charge in [0.25, 0.3) is 5.91 Å². The molecule has 3 aromatic carbocycles. The molecule has 9 heteroatoms. The maximum atomic E-state index is 13.7. The lowest BCUT2D eigenvalue weighted by atomic mass is 10.2. The summed E-state index contributed by atoms with van der Waals surface area (Å²) in [5, 5.41) is 0.617. The molecule has 0 aliphatic rings. The molecular formula is C26H28ClN3O4S. The highest BCUT2D eigenvalue weighted by Crippen LogP contribution is 2.37. The Labute approximate surface area is 215 Å². The molecule has 35 heavy (non-hydrogen) atoms. The molecule has 1 heterocycles. The third kappa shape index (κ3) is 6.22. The standard InChI is InChI=1S/C26H27N3O4S.ClH/c1-28(2)13-14-29(26-27-21-16-22(31-3)23(32-4)17-24(21)34-26)25(30)18-9-8-12-20(15-18)33-19-10-6-5-7-11-19;/h5-12,15-17H,13-14H2,1-4H3;1H. The first-order chi connectivity index (χ1) is 16.5.